The van der Waals surface area contributed by atoms with Crippen molar-refractivity contribution in [3.63, 3.8) is 0 Å². The van der Waals surface area contributed by atoms with Crippen LogP contribution in [0.15, 0.2) is 30.5 Å². The van der Waals surface area contributed by atoms with Crippen molar-refractivity contribution >= 4 is 11.3 Å². The number of rotatable bonds is 4. The fourth-order valence-corrected chi connectivity index (χ4v) is 2.20. The van der Waals surface area contributed by atoms with Gasteiger partial charge in [-0.2, -0.15) is 0 Å². The molecule has 0 aliphatic heterocycles. The second kappa shape index (κ2) is 5.29. The summed E-state index contributed by atoms with van der Waals surface area (Å²) in [4.78, 5) is 5.33. The van der Waals surface area contributed by atoms with Gasteiger partial charge >= 0.3 is 0 Å². The zero-order valence-electron chi connectivity index (χ0n) is 10.0. The van der Waals surface area contributed by atoms with Gasteiger partial charge < -0.3 is 10.5 Å². The lowest BCUT2D eigenvalue weighted by Gasteiger charge is -2.07. The molecule has 1 heterocycles. The van der Waals surface area contributed by atoms with E-state index >= 15 is 0 Å². The van der Waals surface area contributed by atoms with E-state index in [4.69, 9.17) is 10.5 Å². The standard InChI is InChI=1S/C13H16N2OS/c1-9(14)11-3-5-12(6-4-11)16-8-13-7-15-10(2)17-13/h3-7,9H,8,14H2,1-2H3. The summed E-state index contributed by atoms with van der Waals surface area (Å²) in [6.45, 7) is 4.53. The first-order valence-electron chi connectivity index (χ1n) is 5.55. The van der Waals surface area contributed by atoms with Crippen LogP contribution in [0.25, 0.3) is 0 Å². The van der Waals surface area contributed by atoms with E-state index in [0.29, 0.717) is 6.61 Å². The Hall–Kier alpha value is -1.39. The molecule has 1 unspecified atom stereocenters. The van der Waals surface area contributed by atoms with Crippen LogP contribution in [0.3, 0.4) is 0 Å². The van der Waals surface area contributed by atoms with Crippen LogP contribution in [-0.2, 0) is 6.61 Å². The third-order valence-electron chi connectivity index (χ3n) is 2.46. The van der Waals surface area contributed by atoms with E-state index < -0.39 is 0 Å². The van der Waals surface area contributed by atoms with E-state index in [1.54, 1.807) is 11.3 Å². The Morgan fingerprint density at radius 2 is 2.06 bits per heavy atom. The monoisotopic (exact) mass is 248 g/mol. The Morgan fingerprint density at radius 3 is 2.59 bits per heavy atom. The summed E-state index contributed by atoms with van der Waals surface area (Å²) < 4.78 is 5.67. The third-order valence-corrected chi connectivity index (χ3v) is 3.34. The highest BCUT2D eigenvalue weighted by Gasteiger charge is 2.01. The van der Waals surface area contributed by atoms with Crippen molar-refractivity contribution in [3.05, 3.63) is 45.9 Å². The van der Waals surface area contributed by atoms with Crippen molar-refractivity contribution in [2.24, 2.45) is 5.73 Å². The van der Waals surface area contributed by atoms with Crippen LogP contribution in [-0.4, -0.2) is 4.98 Å². The van der Waals surface area contributed by atoms with E-state index in [-0.39, 0.29) is 6.04 Å². The number of hydrogen-bond donors (Lipinski definition) is 1. The average Bonchev–Trinajstić information content (AvgIpc) is 2.73. The van der Waals surface area contributed by atoms with Gasteiger partial charge in [-0.15, -0.1) is 11.3 Å². The van der Waals surface area contributed by atoms with Gasteiger partial charge in [0.15, 0.2) is 0 Å². The van der Waals surface area contributed by atoms with Crippen molar-refractivity contribution in [1.82, 2.24) is 4.98 Å². The molecule has 0 saturated heterocycles. The second-order valence-corrected chi connectivity index (χ2v) is 5.31. The van der Waals surface area contributed by atoms with Crippen molar-refractivity contribution in [2.45, 2.75) is 26.5 Å². The number of hydrogen-bond acceptors (Lipinski definition) is 4. The van der Waals surface area contributed by atoms with Gasteiger partial charge in [-0.1, -0.05) is 12.1 Å². The average molecular weight is 248 g/mol. The molecule has 2 N–H and O–H groups in total. The Kier molecular flexibility index (Phi) is 3.76. The van der Waals surface area contributed by atoms with Crippen LogP contribution < -0.4 is 10.5 Å². The first-order chi connectivity index (χ1) is 8.15. The van der Waals surface area contributed by atoms with Crippen LogP contribution in [0.4, 0.5) is 0 Å². The van der Waals surface area contributed by atoms with Crippen LogP contribution in [0.1, 0.15) is 28.4 Å². The molecule has 1 atom stereocenters. The molecule has 4 heteroatoms. The highest BCUT2D eigenvalue weighted by atomic mass is 32.1. The van der Waals surface area contributed by atoms with Gasteiger partial charge in [0.1, 0.15) is 12.4 Å². The number of benzene rings is 1. The summed E-state index contributed by atoms with van der Waals surface area (Å²) in [7, 11) is 0. The Labute approximate surface area is 105 Å². The molecule has 1 aromatic heterocycles. The van der Waals surface area contributed by atoms with Gasteiger partial charge in [0.25, 0.3) is 0 Å². The molecule has 90 valence electrons. The molecular formula is C13H16N2OS. The van der Waals surface area contributed by atoms with E-state index in [1.165, 1.54) is 0 Å². The Bertz CT molecular complexity index is 476. The van der Waals surface area contributed by atoms with Gasteiger partial charge in [-0.25, -0.2) is 4.98 Å². The molecule has 0 spiro atoms. The molecule has 0 amide bonds. The fourth-order valence-electron chi connectivity index (χ4n) is 1.49. The maximum Gasteiger partial charge on any atom is 0.124 e. The summed E-state index contributed by atoms with van der Waals surface area (Å²) in [6, 6.07) is 7.96. The minimum absolute atomic E-state index is 0.0631. The van der Waals surface area contributed by atoms with Gasteiger partial charge in [0, 0.05) is 12.2 Å². The van der Waals surface area contributed by atoms with Gasteiger partial charge in [-0.3, -0.25) is 0 Å². The van der Waals surface area contributed by atoms with Crippen LogP contribution >= 0.6 is 11.3 Å². The molecule has 2 aromatic rings. The predicted molar refractivity (Wildman–Crippen MR) is 70.2 cm³/mol. The molecule has 0 fully saturated rings. The number of aromatic nitrogens is 1. The van der Waals surface area contributed by atoms with Crippen molar-refractivity contribution < 1.29 is 4.74 Å². The van der Waals surface area contributed by atoms with Gasteiger partial charge in [-0.05, 0) is 31.5 Å². The lowest BCUT2D eigenvalue weighted by atomic mass is 10.1. The number of nitrogens with two attached hydrogens (primary N) is 1. The number of thiazole rings is 1. The maximum atomic E-state index is 5.78. The van der Waals surface area contributed by atoms with E-state index in [9.17, 15) is 0 Å². The number of aryl methyl sites for hydroxylation is 1. The molecule has 17 heavy (non-hydrogen) atoms. The maximum absolute atomic E-state index is 5.78. The molecule has 1 aromatic carbocycles. The molecular weight excluding hydrogens is 232 g/mol. The lowest BCUT2D eigenvalue weighted by Crippen LogP contribution is -2.04. The molecule has 3 nitrogen and oxygen atoms in total. The normalized spacial score (nSPS) is 12.4. The number of nitrogens with zero attached hydrogens (tertiary/aromatic N) is 1. The van der Waals surface area contributed by atoms with E-state index in [2.05, 4.69) is 4.98 Å². The molecule has 2 rings (SSSR count). The summed E-state index contributed by atoms with van der Waals surface area (Å²) in [6.07, 6.45) is 1.86. The predicted octanol–water partition coefficient (Wildman–Crippen LogP) is 3.05. The zero-order chi connectivity index (χ0) is 12.3. The summed E-state index contributed by atoms with van der Waals surface area (Å²) in [5, 5.41) is 1.07. The zero-order valence-corrected chi connectivity index (χ0v) is 10.8. The highest BCUT2D eigenvalue weighted by molar-refractivity contribution is 7.11. The van der Waals surface area contributed by atoms with Crippen molar-refractivity contribution in [1.29, 1.82) is 0 Å². The lowest BCUT2D eigenvalue weighted by molar-refractivity contribution is 0.309. The molecule has 0 aliphatic rings. The SMILES string of the molecule is Cc1ncc(COc2ccc(C(C)N)cc2)s1. The summed E-state index contributed by atoms with van der Waals surface area (Å²) in [5.41, 5.74) is 6.90. The molecule has 0 bridgehead atoms. The fraction of sp³-hybridized carbons (Fsp3) is 0.308. The first kappa shape index (κ1) is 12.1. The smallest absolute Gasteiger partial charge is 0.124 e. The quantitative estimate of drug-likeness (QED) is 0.904. The third kappa shape index (κ3) is 3.28. The minimum Gasteiger partial charge on any atom is -0.488 e. The second-order valence-electron chi connectivity index (χ2n) is 3.99. The largest absolute Gasteiger partial charge is 0.488 e. The van der Waals surface area contributed by atoms with Gasteiger partial charge in [0.05, 0.1) is 9.88 Å². The Morgan fingerprint density at radius 1 is 1.35 bits per heavy atom. The Balaban J connectivity index is 1.95. The topological polar surface area (TPSA) is 48.1 Å². The van der Waals surface area contributed by atoms with E-state index in [0.717, 1.165) is 21.2 Å². The summed E-state index contributed by atoms with van der Waals surface area (Å²) in [5.74, 6) is 0.862. The number of ether oxygens (including phenoxy) is 1. The van der Waals surface area contributed by atoms with Crippen molar-refractivity contribution in [3.8, 4) is 5.75 Å². The van der Waals surface area contributed by atoms with Crippen LogP contribution in [0, 0.1) is 6.92 Å². The van der Waals surface area contributed by atoms with Crippen molar-refractivity contribution in [2.75, 3.05) is 0 Å². The van der Waals surface area contributed by atoms with Gasteiger partial charge in [0.2, 0.25) is 0 Å². The molecule has 0 saturated carbocycles. The minimum atomic E-state index is 0.0631. The molecule has 0 aliphatic carbocycles. The molecule has 0 radical (unpaired) electrons. The van der Waals surface area contributed by atoms with Crippen LogP contribution in [0.5, 0.6) is 5.75 Å². The van der Waals surface area contributed by atoms with E-state index in [1.807, 2.05) is 44.3 Å². The van der Waals surface area contributed by atoms with Crippen LogP contribution in [0.2, 0.25) is 0 Å². The first-order valence-corrected chi connectivity index (χ1v) is 6.36. The highest BCUT2D eigenvalue weighted by Crippen LogP contribution is 2.19. The summed E-state index contributed by atoms with van der Waals surface area (Å²) >= 11 is 1.66.